The topological polar surface area (TPSA) is 111 Å². The zero-order chi connectivity index (χ0) is 24.2. The number of carbonyl (C=O) groups is 1. The summed E-state index contributed by atoms with van der Waals surface area (Å²) in [5, 5.41) is 21.9. The molecule has 4 rings (SSSR count). The third kappa shape index (κ3) is 4.67. The van der Waals surface area contributed by atoms with Crippen molar-refractivity contribution in [2.45, 2.75) is 58.0 Å². The normalized spacial score (nSPS) is 15.4. The summed E-state index contributed by atoms with van der Waals surface area (Å²) in [6.45, 7) is 11.4. The van der Waals surface area contributed by atoms with Crippen LogP contribution in [-0.2, 0) is 22.6 Å². The van der Waals surface area contributed by atoms with Gasteiger partial charge in [-0.25, -0.2) is 0 Å². The van der Waals surface area contributed by atoms with Crippen LogP contribution in [0.2, 0.25) is 0 Å². The van der Waals surface area contributed by atoms with Crippen molar-refractivity contribution in [3.8, 4) is 17.5 Å². The molecule has 10 heteroatoms. The Kier molecular flexibility index (Phi) is 7.24. The SMILES string of the molecule is C=CCn1c(SCC(=O)Nc2c(C#N)c(C)c(C)n2C[C@@H]2CCCO2)nnc1-c1ccoc1C. The highest BCUT2D eigenvalue weighted by molar-refractivity contribution is 7.99. The fraction of sp³-hybridized carbons (Fsp3) is 0.417. The number of hydrogen-bond acceptors (Lipinski definition) is 7. The predicted molar refractivity (Wildman–Crippen MR) is 130 cm³/mol. The van der Waals surface area contributed by atoms with Crippen LogP contribution in [0.4, 0.5) is 5.82 Å². The Hall–Kier alpha value is -3.29. The van der Waals surface area contributed by atoms with E-state index in [2.05, 4.69) is 28.2 Å². The number of nitrogens with one attached hydrogen (secondary N) is 1. The summed E-state index contributed by atoms with van der Waals surface area (Å²) >= 11 is 1.28. The molecular formula is C24H28N6O3S. The molecular weight excluding hydrogens is 452 g/mol. The molecule has 1 fully saturated rings. The molecule has 0 radical (unpaired) electrons. The number of ether oxygens (including phenoxy) is 1. The van der Waals surface area contributed by atoms with Gasteiger partial charge in [0, 0.05) is 18.8 Å². The molecule has 1 N–H and O–H groups in total. The van der Waals surface area contributed by atoms with Crippen molar-refractivity contribution in [1.29, 1.82) is 5.26 Å². The van der Waals surface area contributed by atoms with Gasteiger partial charge in [0.1, 0.15) is 17.6 Å². The second kappa shape index (κ2) is 10.3. The maximum atomic E-state index is 12.9. The molecule has 0 bridgehead atoms. The molecule has 9 nitrogen and oxygen atoms in total. The van der Waals surface area contributed by atoms with Crippen LogP contribution in [-0.4, -0.2) is 43.7 Å². The summed E-state index contributed by atoms with van der Waals surface area (Å²) in [5.74, 6) is 1.84. The quantitative estimate of drug-likeness (QED) is 0.360. The van der Waals surface area contributed by atoms with Crippen LogP contribution >= 0.6 is 11.8 Å². The number of nitriles is 1. The average molecular weight is 481 g/mol. The Morgan fingerprint density at radius 1 is 1.38 bits per heavy atom. The van der Waals surface area contributed by atoms with E-state index in [4.69, 9.17) is 9.15 Å². The van der Waals surface area contributed by atoms with Crippen molar-refractivity contribution in [3.63, 3.8) is 0 Å². The van der Waals surface area contributed by atoms with Crippen LogP contribution in [0.3, 0.4) is 0 Å². The van der Waals surface area contributed by atoms with Gasteiger partial charge in [-0.1, -0.05) is 17.8 Å². The lowest BCUT2D eigenvalue weighted by molar-refractivity contribution is -0.113. The second-order valence-corrected chi connectivity index (χ2v) is 9.17. The predicted octanol–water partition coefficient (Wildman–Crippen LogP) is 4.23. The fourth-order valence-corrected chi connectivity index (χ4v) is 4.90. The zero-order valence-electron chi connectivity index (χ0n) is 19.6. The first-order valence-corrected chi connectivity index (χ1v) is 12.2. The van der Waals surface area contributed by atoms with Gasteiger partial charge in [0.25, 0.3) is 0 Å². The Balaban J connectivity index is 1.51. The van der Waals surface area contributed by atoms with Gasteiger partial charge in [-0.05, 0) is 45.2 Å². The van der Waals surface area contributed by atoms with Crippen molar-refractivity contribution in [3.05, 3.63) is 47.6 Å². The number of nitrogens with zero attached hydrogens (tertiary/aromatic N) is 5. The van der Waals surface area contributed by atoms with Gasteiger partial charge in [-0.15, -0.1) is 16.8 Å². The summed E-state index contributed by atoms with van der Waals surface area (Å²) in [6, 6.07) is 4.09. The number of hydrogen-bond donors (Lipinski definition) is 1. The molecule has 1 amide bonds. The average Bonchev–Trinajstić information content (AvgIpc) is 3.60. The van der Waals surface area contributed by atoms with Gasteiger partial charge >= 0.3 is 0 Å². The van der Waals surface area contributed by atoms with E-state index in [1.165, 1.54) is 11.8 Å². The van der Waals surface area contributed by atoms with Gasteiger partial charge < -0.3 is 19.0 Å². The molecule has 4 heterocycles. The van der Waals surface area contributed by atoms with E-state index in [0.717, 1.165) is 42.0 Å². The van der Waals surface area contributed by atoms with E-state index in [1.54, 1.807) is 12.3 Å². The summed E-state index contributed by atoms with van der Waals surface area (Å²) < 4.78 is 15.1. The molecule has 1 aliphatic heterocycles. The van der Waals surface area contributed by atoms with E-state index >= 15 is 0 Å². The van der Waals surface area contributed by atoms with Gasteiger partial charge in [-0.3, -0.25) is 9.36 Å². The number of amides is 1. The smallest absolute Gasteiger partial charge is 0.235 e. The van der Waals surface area contributed by atoms with Crippen molar-refractivity contribution < 1.29 is 13.9 Å². The standard InChI is InChI=1S/C24H28N6O3S/c1-5-9-29-23(19-8-11-32-17(19)4)27-28-24(29)34-14-21(31)26-22-20(12-25)15(2)16(3)30(22)13-18-7-6-10-33-18/h5,8,11,18H,1,6-7,9-10,13-14H2,2-4H3,(H,26,31)/t18-/m0/s1. The van der Waals surface area contributed by atoms with Crippen LogP contribution in [0.25, 0.3) is 11.4 Å². The molecule has 3 aromatic rings. The summed E-state index contributed by atoms with van der Waals surface area (Å²) in [5.41, 5.74) is 3.17. The minimum absolute atomic E-state index is 0.0873. The van der Waals surface area contributed by atoms with Gasteiger partial charge in [-0.2, -0.15) is 5.26 Å². The highest BCUT2D eigenvalue weighted by Crippen LogP contribution is 2.30. The van der Waals surface area contributed by atoms with E-state index in [1.807, 2.05) is 36.0 Å². The number of furan rings is 1. The molecule has 0 spiro atoms. The lowest BCUT2D eigenvalue weighted by atomic mass is 10.2. The molecule has 0 aromatic carbocycles. The zero-order valence-corrected chi connectivity index (χ0v) is 20.4. The summed E-state index contributed by atoms with van der Waals surface area (Å²) in [6.07, 6.45) is 5.46. The Morgan fingerprint density at radius 3 is 2.85 bits per heavy atom. The molecule has 0 aliphatic carbocycles. The van der Waals surface area contributed by atoms with Crippen molar-refractivity contribution in [2.75, 3.05) is 17.7 Å². The lowest BCUT2D eigenvalue weighted by Crippen LogP contribution is -2.22. The molecule has 178 valence electrons. The first-order chi connectivity index (χ1) is 16.4. The van der Waals surface area contributed by atoms with E-state index in [0.29, 0.717) is 35.5 Å². The molecule has 0 saturated carbocycles. The van der Waals surface area contributed by atoms with Gasteiger partial charge in [0.15, 0.2) is 11.0 Å². The molecule has 34 heavy (non-hydrogen) atoms. The molecule has 1 atom stereocenters. The monoisotopic (exact) mass is 480 g/mol. The van der Waals surface area contributed by atoms with Crippen LogP contribution in [0.1, 0.15) is 35.4 Å². The van der Waals surface area contributed by atoms with Crippen LogP contribution in [0, 0.1) is 32.1 Å². The molecule has 0 unspecified atom stereocenters. The van der Waals surface area contributed by atoms with E-state index < -0.39 is 0 Å². The number of aryl methyl sites for hydroxylation is 1. The van der Waals surface area contributed by atoms with E-state index in [-0.39, 0.29) is 17.8 Å². The largest absolute Gasteiger partial charge is 0.469 e. The van der Waals surface area contributed by atoms with Crippen molar-refractivity contribution >= 4 is 23.5 Å². The van der Waals surface area contributed by atoms with Crippen LogP contribution in [0.5, 0.6) is 0 Å². The second-order valence-electron chi connectivity index (χ2n) is 8.22. The molecule has 1 saturated heterocycles. The number of thioether (sulfide) groups is 1. The highest BCUT2D eigenvalue weighted by atomic mass is 32.2. The summed E-state index contributed by atoms with van der Waals surface area (Å²) in [7, 11) is 0. The number of rotatable bonds is 9. The highest BCUT2D eigenvalue weighted by Gasteiger charge is 2.24. The maximum Gasteiger partial charge on any atom is 0.235 e. The fourth-order valence-electron chi connectivity index (χ4n) is 4.15. The minimum atomic E-state index is -0.221. The third-order valence-electron chi connectivity index (χ3n) is 6.07. The van der Waals surface area contributed by atoms with Crippen molar-refractivity contribution in [1.82, 2.24) is 19.3 Å². The summed E-state index contributed by atoms with van der Waals surface area (Å²) in [4.78, 5) is 12.9. The van der Waals surface area contributed by atoms with Crippen LogP contribution in [0.15, 0.2) is 34.6 Å². The lowest BCUT2D eigenvalue weighted by Gasteiger charge is -2.16. The van der Waals surface area contributed by atoms with Gasteiger partial charge in [0.05, 0.1) is 35.8 Å². The third-order valence-corrected chi connectivity index (χ3v) is 7.04. The van der Waals surface area contributed by atoms with Crippen molar-refractivity contribution in [2.24, 2.45) is 0 Å². The van der Waals surface area contributed by atoms with Crippen LogP contribution < -0.4 is 5.32 Å². The Morgan fingerprint density at radius 2 is 2.21 bits per heavy atom. The first-order valence-electron chi connectivity index (χ1n) is 11.2. The number of carbonyl (C=O) groups excluding carboxylic acids is 1. The maximum absolute atomic E-state index is 12.9. The van der Waals surface area contributed by atoms with E-state index in [9.17, 15) is 10.1 Å². The Labute approximate surface area is 202 Å². The Bertz CT molecular complexity index is 1240. The minimum Gasteiger partial charge on any atom is -0.469 e. The number of anilines is 1. The number of aromatic nitrogens is 4. The molecule has 1 aliphatic rings. The first kappa shape index (κ1) is 23.9. The molecule has 3 aromatic heterocycles. The van der Waals surface area contributed by atoms with Gasteiger partial charge in [0.2, 0.25) is 5.91 Å². The number of allylic oxidation sites excluding steroid dienone is 1.